The molecule has 0 unspecified atom stereocenters. The second-order valence-electron chi connectivity index (χ2n) is 4.69. The zero-order valence-corrected chi connectivity index (χ0v) is 12.1. The summed E-state index contributed by atoms with van der Waals surface area (Å²) in [5, 5.41) is 0. The Kier molecular flexibility index (Phi) is 5.88. The van der Waals surface area contributed by atoms with Crippen molar-refractivity contribution in [3.8, 4) is 0 Å². The topological polar surface area (TPSA) is 41.6 Å². The maximum atomic E-state index is 12.3. The van der Waals surface area contributed by atoms with E-state index in [0.29, 0.717) is 12.4 Å². The number of hydrogen-bond acceptors (Lipinski definition) is 1. The fraction of sp³-hybridized carbons (Fsp3) is 0.909. The highest BCUT2D eigenvalue weighted by Gasteiger charge is 2.44. The second kappa shape index (κ2) is 6.70. The molecule has 0 aromatic carbocycles. The van der Waals surface area contributed by atoms with Crippen molar-refractivity contribution < 1.29 is 8.78 Å². The Hall–Kier alpha value is -0.140. The molecule has 0 radical (unpaired) electrons. The van der Waals surface area contributed by atoms with Crippen LogP contribution in [-0.4, -0.2) is 36.4 Å². The van der Waals surface area contributed by atoms with Crippen LogP contribution in [0.2, 0.25) is 0 Å². The van der Waals surface area contributed by atoms with Gasteiger partial charge in [-0.1, -0.05) is 12.8 Å². The van der Waals surface area contributed by atoms with E-state index in [0.717, 1.165) is 25.9 Å². The number of halogens is 3. The van der Waals surface area contributed by atoms with Crippen LogP contribution < -0.4 is 5.73 Å². The summed E-state index contributed by atoms with van der Waals surface area (Å²) in [6, 6.07) is -0.233. The second-order valence-corrected chi connectivity index (χ2v) is 4.69. The molecular weight excluding hydrogens is 339 g/mol. The molecule has 0 spiro atoms. The average Bonchev–Trinajstić information content (AvgIpc) is 2.98. The van der Waals surface area contributed by atoms with Gasteiger partial charge in [-0.2, -0.15) is 0 Å². The highest BCUT2D eigenvalue weighted by molar-refractivity contribution is 14.0. The Morgan fingerprint density at radius 3 is 2.24 bits per heavy atom. The molecule has 0 bridgehead atoms. The molecule has 1 heterocycles. The first-order valence-electron chi connectivity index (χ1n) is 6.05. The summed E-state index contributed by atoms with van der Waals surface area (Å²) in [7, 11) is 0. The van der Waals surface area contributed by atoms with Gasteiger partial charge in [0.1, 0.15) is 0 Å². The van der Waals surface area contributed by atoms with Crippen molar-refractivity contribution in [3.05, 3.63) is 0 Å². The molecule has 0 aromatic heterocycles. The molecule has 1 saturated carbocycles. The summed E-state index contributed by atoms with van der Waals surface area (Å²) < 4.78 is 24.6. The first-order chi connectivity index (χ1) is 7.68. The van der Waals surface area contributed by atoms with Gasteiger partial charge in [0.05, 0.1) is 6.04 Å². The minimum Gasteiger partial charge on any atom is -0.370 e. The lowest BCUT2D eigenvalue weighted by Gasteiger charge is -2.21. The fourth-order valence-electron chi connectivity index (χ4n) is 2.17. The van der Waals surface area contributed by atoms with E-state index >= 15 is 0 Å². The molecular formula is C11H20F2IN3. The number of hydrogen-bond donors (Lipinski definition) is 1. The summed E-state index contributed by atoms with van der Waals surface area (Å²) in [6.45, 7) is 1.84. The highest BCUT2D eigenvalue weighted by atomic mass is 127. The molecule has 2 atom stereocenters. The normalized spacial score (nSPS) is 29.8. The van der Waals surface area contributed by atoms with Crippen LogP contribution in [0.5, 0.6) is 0 Å². The summed E-state index contributed by atoms with van der Waals surface area (Å²) in [5.41, 5.74) is 5.85. The van der Waals surface area contributed by atoms with E-state index in [4.69, 9.17) is 5.73 Å². The van der Waals surface area contributed by atoms with Crippen molar-refractivity contribution in [2.24, 2.45) is 16.6 Å². The van der Waals surface area contributed by atoms with E-state index in [-0.39, 0.29) is 30.0 Å². The van der Waals surface area contributed by atoms with Gasteiger partial charge in [0.15, 0.2) is 5.96 Å². The van der Waals surface area contributed by atoms with Crippen molar-refractivity contribution in [2.45, 2.75) is 44.6 Å². The zero-order valence-electron chi connectivity index (χ0n) is 9.82. The van der Waals surface area contributed by atoms with Crippen molar-refractivity contribution in [3.63, 3.8) is 0 Å². The number of rotatable bonds is 2. The predicted molar refractivity (Wildman–Crippen MR) is 75.0 cm³/mol. The van der Waals surface area contributed by atoms with E-state index in [2.05, 4.69) is 4.99 Å². The van der Waals surface area contributed by atoms with Crippen LogP contribution in [0.4, 0.5) is 8.78 Å². The number of nitrogens with two attached hydrogens (primary N) is 1. The Morgan fingerprint density at radius 2 is 1.76 bits per heavy atom. The molecule has 17 heavy (non-hydrogen) atoms. The van der Waals surface area contributed by atoms with E-state index in [9.17, 15) is 8.78 Å². The van der Waals surface area contributed by atoms with Crippen molar-refractivity contribution >= 4 is 29.9 Å². The molecule has 0 amide bonds. The van der Waals surface area contributed by atoms with Crippen molar-refractivity contribution in [1.82, 2.24) is 4.90 Å². The summed E-state index contributed by atoms with van der Waals surface area (Å²) >= 11 is 0. The van der Waals surface area contributed by atoms with Crippen molar-refractivity contribution in [1.29, 1.82) is 0 Å². The van der Waals surface area contributed by atoms with E-state index in [1.165, 1.54) is 12.8 Å². The zero-order chi connectivity index (χ0) is 11.5. The SMILES string of the molecule is I.NC(=N[C@H]1C[C@@H]1C(F)F)N1CCCCCC1. The van der Waals surface area contributed by atoms with Crippen LogP contribution >= 0.6 is 24.0 Å². The number of guanidine groups is 1. The van der Waals surface area contributed by atoms with Crippen LogP contribution in [0.1, 0.15) is 32.1 Å². The van der Waals surface area contributed by atoms with Gasteiger partial charge < -0.3 is 10.6 Å². The van der Waals surface area contributed by atoms with E-state index < -0.39 is 12.3 Å². The molecule has 1 saturated heterocycles. The Morgan fingerprint density at radius 1 is 1.18 bits per heavy atom. The summed E-state index contributed by atoms with van der Waals surface area (Å²) in [6.07, 6.45) is 2.95. The first-order valence-corrected chi connectivity index (χ1v) is 6.05. The predicted octanol–water partition coefficient (Wildman–Crippen LogP) is 2.45. The van der Waals surface area contributed by atoms with Gasteiger partial charge in [0.2, 0.25) is 6.43 Å². The monoisotopic (exact) mass is 359 g/mol. The lowest BCUT2D eigenvalue weighted by Crippen LogP contribution is -2.38. The number of nitrogens with zero attached hydrogens (tertiary/aromatic N) is 2. The maximum Gasteiger partial charge on any atom is 0.243 e. The standard InChI is InChI=1S/C11H19F2N3.HI/c12-10(13)8-7-9(8)15-11(14)16-5-3-1-2-4-6-16;/h8-10H,1-7H2,(H2,14,15);1H/t8-,9-;/m0./s1. The fourth-order valence-corrected chi connectivity index (χ4v) is 2.17. The van der Waals surface area contributed by atoms with E-state index in [1.54, 1.807) is 0 Å². The number of alkyl halides is 2. The van der Waals surface area contributed by atoms with Crippen LogP contribution in [-0.2, 0) is 0 Å². The average molecular weight is 359 g/mol. The molecule has 100 valence electrons. The largest absolute Gasteiger partial charge is 0.370 e. The van der Waals surface area contributed by atoms with Crippen LogP contribution in [0.15, 0.2) is 4.99 Å². The Labute approximate surface area is 118 Å². The molecule has 6 heteroatoms. The van der Waals surface area contributed by atoms with Gasteiger partial charge in [0.25, 0.3) is 0 Å². The maximum absolute atomic E-state index is 12.3. The third kappa shape index (κ3) is 4.22. The number of aliphatic imine (C=N–C) groups is 1. The highest BCUT2D eigenvalue weighted by Crippen LogP contribution is 2.39. The third-order valence-corrected chi connectivity index (χ3v) is 3.36. The van der Waals surface area contributed by atoms with Gasteiger partial charge in [-0.15, -0.1) is 24.0 Å². The van der Waals surface area contributed by atoms with Crippen LogP contribution in [0, 0.1) is 5.92 Å². The molecule has 1 aliphatic heterocycles. The minimum absolute atomic E-state index is 0. The quantitative estimate of drug-likeness (QED) is 0.468. The summed E-state index contributed by atoms with van der Waals surface area (Å²) in [5.74, 6) is -0.0828. The van der Waals surface area contributed by atoms with Gasteiger partial charge in [0, 0.05) is 19.0 Å². The van der Waals surface area contributed by atoms with Gasteiger partial charge in [-0.3, -0.25) is 0 Å². The molecule has 0 aromatic rings. The first kappa shape index (κ1) is 14.9. The Balaban J connectivity index is 0.00000144. The third-order valence-electron chi connectivity index (χ3n) is 3.36. The molecule has 2 rings (SSSR count). The minimum atomic E-state index is -2.24. The van der Waals surface area contributed by atoms with Gasteiger partial charge in [-0.25, -0.2) is 13.8 Å². The van der Waals surface area contributed by atoms with Gasteiger partial charge in [-0.05, 0) is 19.3 Å². The molecule has 2 N–H and O–H groups in total. The smallest absolute Gasteiger partial charge is 0.243 e. The molecule has 2 fully saturated rings. The van der Waals surface area contributed by atoms with E-state index in [1.807, 2.05) is 4.90 Å². The lowest BCUT2D eigenvalue weighted by atomic mass is 10.2. The van der Waals surface area contributed by atoms with Crippen molar-refractivity contribution in [2.75, 3.05) is 13.1 Å². The van der Waals surface area contributed by atoms with Crippen LogP contribution in [0.3, 0.4) is 0 Å². The van der Waals surface area contributed by atoms with Gasteiger partial charge >= 0.3 is 0 Å². The molecule has 3 nitrogen and oxygen atoms in total. The molecule has 1 aliphatic carbocycles. The summed E-state index contributed by atoms with van der Waals surface area (Å²) in [4.78, 5) is 6.23. The lowest BCUT2D eigenvalue weighted by molar-refractivity contribution is 0.121. The number of likely N-dealkylation sites (tertiary alicyclic amines) is 1. The van der Waals surface area contributed by atoms with Crippen LogP contribution in [0.25, 0.3) is 0 Å². The Bertz CT molecular complexity index is 265. The molecule has 2 aliphatic rings.